The molecule has 1 atom stereocenters. The molecular weight excluding hydrogens is 290 g/mol. The number of piperidine rings is 1. The number of rotatable bonds is 3. The van der Waals surface area contributed by atoms with Crippen LogP contribution in [0.3, 0.4) is 0 Å². The lowest BCUT2D eigenvalue weighted by Crippen LogP contribution is -2.47. The molecule has 1 aromatic heterocycles. The molecule has 0 spiro atoms. The van der Waals surface area contributed by atoms with Crippen LogP contribution in [0.15, 0.2) is 12.4 Å². The molecule has 1 aromatic rings. The van der Waals surface area contributed by atoms with Crippen molar-refractivity contribution in [2.24, 2.45) is 0 Å². The van der Waals surface area contributed by atoms with Gasteiger partial charge in [0.05, 0.1) is 0 Å². The van der Waals surface area contributed by atoms with E-state index in [0.29, 0.717) is 11.7 Å². The van der Waals surface area contributed by atoms with Crippen LogP contribution < -0.4 is 4.90 Å². The smallest absolute Gasteiger partial charge is 0.272 e. The van der Waals surface area contributed by atoms with Gasteiger partial charge >= 0.3 is 0 Å². The fourth-order valence-electron chi connectivity index (χ4n) is 3.52. The number of nitrogens with zero attached hydrogens (tertiary/aromatic N) is 5. The number of hydrogen-bond acceptors (Lipinski definition) is 5. The molecule has 3 heterocycles. The lowest BCUT2D eigenvalue weighted by atomic mass is 10.00. The highest BCUT2D eigenvalue weighted by Crippen LogP contribution is 2.25. The summed E-state index contributed by atoms with van der Waals surface area (Å²) in [5, 5.41) is 0. The summed E-state index contributed by atoms with van der Waals surface area (Å²) in [5.41, 5.74) is 0.528. The van der Waals surface area contributed by atoms with Crippen LogP contribution in [0.4, 0.5) is 5.82 Å². The van der Waals surface area contributed by atoms with Crippen LogP contribution in [0.25, 0.3) is 0 Å². The van der Waals surface area contributed by atoms with Crippen LogP contribution in [0.1, 0.15) is 43.1 Å². The first-order chi connectivity index (χ1) is 11.2. The zero-order valence-electron chi connectivity index (χ0n) is 14.2. The SMILES string of the molecule is CCC1CCCCN1c1cc(C(=O)N2CCN(C)CC2)ncn1. The van der Waals surface area contributed by atoms with E-state index in [0.717, 1.165) is 45.0 Å². The molecule has 1 amide bonds. The van der Waals surface area contributed by atoms with E-state index in [4.69, 9.17) is 0 Å². The van der Waals surface area contributed by atoms with Crippen LogP contribution in [0, 0.1) is 0 Å². The molecule has 2 fully saturated rings. The average molecular weight is 317 g/mol. The molecule has 126 valence electrons. The number of amides is 1. The maximum atomic E-state index is 12.7. The van der Waals surface area contributed by atoms with Gasteiger partial charge in [0.25, 0.3) is 5.91 Å². The number of likely N-dealkylation sites (N-methyl/N-ethyl adjacent to an activating group) is 1. The molecule has 3 rings (SSSR count). The Bertz CT molecular complexity index is 542. The van der Waals surface area contributed by atoms with Crippen molar-refractivity contribution in [2.75, 3.05) is 44.7 Å². The van der Waals surface area contributed by atoms with Crippen molar-refractivity contribution in [1.29, 1.82) is 0 Å². The van der Waals surface area contributed by atoms with Gasteiger partial charge in [-0.3, -0.25) is 4.79 Å². The van der Waals surface area contributed by atoms with Gasteiger partial charge in [-0.05, 0) is 32.7 Å². The van der Waals surface area contributed by atoms with Crippen molar-refractivity contribution in [2.45, 2.75) is 38.6 Å². The van der Waals surface area contributed by atoms with Gasteiger partial charge in [0.1, 0.15) is 17.8 Å². The summed E-state index contributed by atoms with van der Waals surface area (Å²) >= 11 is 0. The summed E-state index contributed by atoms with van der Waals surface area (Å²) < 4.78 is 0. The van der Waals surface area contributed by atoms with Crippen molar-refractivity contribution in [3.8, 4) is 0 Å². The Labute approximate surface area is 138 Å². The zero-order valence-corrected chi connectivity index (χ0v) is 14.2. The van der Waals surface area contributed by atoms with Gasteiger partial charge in [-0.1, -0.05) is 6.92 Å². The number of carbonyl (C=O) groups is 1. The topological polar surface area (TPSA) is 52.6 Å². The second kappa shape index (κ2) is 7.25. The highest BCUT2D eigenvalue weighted by molar-refractivity contribution is 5.93. The lowest BCUT2D eigenvalue weighted by Gasteiger charge is -2.36. The van der Waals surface area contributed by atoms with Gasteiger partial charge in [-0.15, -0.1) is 0 Å². The summed E-state index contributed by atoms with van der Waals surface area (Å²) in [6.07, 6.45) is 6.35. The van der Waals surface area contributed by atoms with Crippen molar-refractivity contribution in [3.63, 3.8) is 0 Å². The Morgan fingerprint density at radius 2 is 1.96 bits per heavy atom. The van der Waals surface area contributed by atoms with Crippen LogP contribution in [0.2, 0.25) is 0 Å². The molecular formula is C17H27N5O. The first kappa shape index (κ1) is 16.2. The van der Waals surface area contributed by atoms with Crippen LogP contribution >= 0.6 is 0 Å². The summed E-state index contributed by atoms with van der Waals surface area (Å²) in [6, 6.07) is 2.42. The third-order valence-corrected chi connectivity index (χ3v) is 5.05. The van der Waals surface area contributed by atoms with Gasteiger partial charge in [0.15, 0.2) is 0 Å². The molecule has 2 aliphatic heterocycles. The lowest BCUT2D eigenvalue weighted by molar-refractivity contribution is 0.0658. The molecule has 0 saturated carbocycles. The first-order valence-corrected chi connectivity index (χ1v) is 8.75. The van der Waals surface area contributed by atoms with Crippen molar-refractivity contribution >= 4 is 11.7 Å². The monoisotopic (exact) mass is 317 g/mol. The molecule has 2 aliphatic rings. The first-order valence-electron chi connectivity index (χ1n) is 8.75. The standard InChI is InChI=1S/C17H27N5O/c1-3-14-6-4-5-7-22(14)16-12-15(18-13-19-16)17(23)21-10-8-20(2)9-11-21/h12-14H,3-11H2,1-2H3. The van der Waals surface area contributed by atoms with Crippen molar-refractivity contribution in [1.82, 2.24) is 19.8 Å². The summed E-state index contributed by atoms with van der Waals surface area (Å²) in [5.74, 6) is 0.941. The molecule has 2 saturated heterocycles. The normalized spacial score (nSPS) is 23.1. The van der Waals surface area contributed by atoms with Gasteiger partial charge in [-0.25, -0.2) is 9.97 Å². The Hall–Kier alpha value is -1.69. The minimum absolute atomic E-state index is 0.0341. The highest BCUT2D eigenvalue weighted by atomic mass is 16.2. The molecule has 23 heavy (non-hydrogen) atoms. The largest absolute Gasteiger partial charge is 0.354 e. The Morgan fingerprint density at radius 3 is 2.70 bits per heavy atom. The molecule has 0 bridgehead atoms. The molecule has 6 heteroatoms. The van der Waals surface area contributed by atoms with E-state index in [1.165, 1.54) is 19.3 Å². The van der Waals surface area contributed by atoms with Crippen molar-refractivity contribution in [3.05, 3.63) is 18.1 Å². The fraction of sp³-hybridized carbons (Fsp3) is 0.706. The molecule has 0 aliphatic carbocycles. The molecule has 0 radical (unpaired) electrons. The Balaban J connectivity index is 1.75. The summed E-state index contributed by atoms with van der Waals surface area (Å²) in [4.78, 5) is 27.9. The van der Waals surface area contributed by atoms with Gasteiger partial charge in [0.2, 0.25) is 0 Å². The molecule has 0 aromatic carbocycles. The third kappa shape index (κ3) is 3.63. The predicted molar refractivity (Wildman–Crippen MR) is 90.7 cm³/mol. The van der Waals surface area contributed by atoms with E-state index in [1.807, 2.05) is 11.0 Å². The predicted octanol–water partition coefficient (Wildman–Crippen LogP) is 1.63. The third-order valence-electron chi connectivity index (χ3n) is 5.05. The van der Waals surface area contributed by atoms with E-state index < -0.39 is 0 Å². The Kier molecular flexibility index (Phi) is 5.10. The quantitative estimate of drug-likeness (QED) is 0.848. The van der Waals surface area contributed by atoms with Gasteiger partial charge in [-0.2, -0.15) is 0 Å². The maximum absolute atomic E-state index is 12.7. The van der Waals surface area contributed by atoms with E-state index >= 15 is 0 Å². The van der Waals surface area contributed by atoms with Gasteiger partial charge in [0, 0.05) is 44.8 Å². The van der Waals surface area contributed by atoms with E-state index in [2.05, 4.69) is 33.7 Å². The van der Waals surface area contributed by atoms with E-state index in [-0.39, 0.29) is 5.91 Å². The zero-order chi connectivity index (χ0) is 16.2. The summed E-state index contributed by atoms with van der Waals surface area (Å²) in [6.45, 7) is 6.64. The van der Waals surface area contributed by atoms with Crippen molar-refractivity contribution < 1.29 is 4.79 Å². The summed E-state index contributed by atoms with van der Waals surface area (Å²) in [7, 11) is 2.09. The number of aromatic nitrogens is 2. The minimum atomic E-state index is 0.0341. The number of carbonyl (C=O) groups excluding carboxylic acids is 1. The second-order valence-corrected chi connectivity index (χ2v) is 6.61. The minimum Gasteiger partial charge on any atom is -0.354 e. The van der Waals surface area contributed by atoms with Crippen LogP contribution in [-0.2, 0) is 0 Å². The second-order valence-electron chi connectivity index (χ2n) is 6.61. The molecule has 0 N–H and O–H groups in total. The van der Waals surface area contributed by atoms with Crippen LogP contribution in [0.5, 0.6) is 0 Å². The van der Waals surface area contributed by atoms with Gasteiger partial charge < -0.3 is 14.7 Å². The average Bonchev–Trinajstić information content (AvgIpc) is 2.62. The number of anilines is 1. The highest BCUT2D eigenvalue weighted by Gasteiger charge is 2.25. The van der Waals surface area contributed by atoms with E-state index in [1.54, 1.807) is 6.33 Å². The number of hydrogen-bond donors (Lipinski definition) is 0. The fourth-order valence-corrected chi connectivity index (χ4v) is 3.52. The molecule has 1 unspecified atom stereocenters. The van der Waals surface area contributed by atoms with E-state index in [9.17, 15) is 4.79 Å². The van der Waals surface area contributed by atoms with Crippen LogP contribution in [-0.4, -0.2) is 71.5 Å². The molecule has 6 nitrogen and oxygen atoms in total. The number of piperazine rings is 1. The maximum Gasteiger partial charge on any atom is 0.272 e. The Morgan fingerprint density at radius 1 is 1.17 bits per heavy atom.